The maximum atomic E-state index is 12.4. The van der Waals surface area contributed by atoms with Crippen LogP contribution in [-0.4, -0.2) is 66.7 Å². The quantitative estimate of drug-likeness (QED) is 0.770. The molecule has 1 saturated carbocycles. The van der Waals surface area contributed by atoms with Gasteiger partial charge in [-0.3, -0.25) is 4.79 Å². The smallest absolute Gasteiger partial charge is 0.238 e. The molecule has 3 fully saturated rings. The summed E-state index contributed by atoms with van der Waals surface area (Å²) in [6, 6.07) is 7.42. The maximum Gasteiger partial charge on any atom is 0.238 e. The largest absolute Gasteiger partial charge is 0.394 e. The van der Waals surface area contributed by atoms with E-state index < -0.39 is 10.0 Å². The molecule has 1 N–H and O–H groups in total. The highest BCUT2D eigenvalue weighted by atomic mass is 32.2. The number of carbonyl (C=O) groups excluding carboxylic acids is 1. The van der Waals surface area contributed by atoms with Crippen molar-refractivity contribution in [2.45, 2.75) is 43.7 Å². The van der Waals surface area contributed by atoms with Crippen molar-refractivity contribution in [3.8, 4) is 11.8 Å². The third kappa shape index (κ3) is 3.57. The lowest BCUT2D eigenvalue weighted by Gasteiger charge is -2.58. The topological polar surface area (TPSA) is 77.9 Å². The van der Waals surface area contributed by atoms with E-state index in [1.165, 1.54) is 30.0 Å². The summed E-state index contributed by atoms with van der Waals surface area (Å²) in [6.07, 6.45) is 6.04. The van der Waals surface area contributed by atoms with E-state index in [1.807, 2.05) is 24.3 Å². The first kappa shape index (κ1) is 19.4. The van der Waals surface area contributed by atoms with Crippen LogP contribution in [0.3, 0.4) is 0 Å². The van der Waals surface area contributed by atoms with Gasteiger partial charge in [-0.2, -0.15) is 4.31 Å². The Morgan fingerprint density at radius 3 is 2.46 bits per heavy atom. The molecule has 0 unspecified atom stereocenters. The number of aliphatic hydroxyl groups is 1. The number of hydrogen-bond acceptors (Lipinski definition) is 4. The van der Waals surface area contributed by atoms with E-state index in [2.05, 4.69) is 11.8 Å². The average molecular weight is 403 g/mol. The van der Waals surface area contributed by atoms with E-state index in [1.54, 1.807) is 4.90 Å². The molecule has 1 aromatic rings. The molecule has 7 heteroatoms. The molecular formula is C21H26N2O4S. The van der Waals surface area contributed by atoms with Gasteiger partial charge in [-0.15, -0.1) is 0 Å². The summed E-state index contributed by atoms with van der Waals surface area (Å²) in [5, 5.41) is 9.81. The summed E-state index contributed by atoms with van der Waals surface area (Å²) in [4.78, 5) is 14.1. The van der Waals surface area contributed by atoms with Crippen LogP contribution in [-0.2, 0) is 14.8 Å². The number of sulfonamides is 1. The van der Waals surface area contributed by atoms with Crippen molar-refractivity contribution in [2.24, 2.45) is 5.92 Å². The molecule has 1 aliphatic carbocycles. The van der Waals surface area contributed by atoms with Crippen LogP contribution in [0, 0.1) is 17.8 Å². The first-order valence-corrected chi connectivity index (χ1v) is 11.7. The van der Waals surface area contributed by atoms with Gasteiger partial charge < -0.3 is 10.0 Å². The van der Waals surface area contributed by atoms with Crippen LogP contribution < -0.4 is 0 Å². The molecule has 4 rings (SSSR count). The molecule has 2 aliphatic heterocycles. The highest BCUT2D eigenvalue weighted by Crippen LogP contribution is 2.43. The molecule has 2 heterocycles. The minimum absolute atomic E-state index is 0.0738. The van der Waals surface area contributed by atoms with E-state index in [4.69, 9.17) is 0 Å². The Labute approximate surface area is 166 Å². The number of rotatable bonds is 3. The molecule has 0 aromatic heterocycles. The van der Waals surface area contributed by atoms with Gasteiger partial charge in [0, 0.05) is 23.9 Å². The summed E-state index contributed by atoms with van der Waals surface area (Å²) in [7, 11) is -3.43. The van der Waals surface area contributed by atoms with Gasteiger partial charge in [-0.05, 0) is 30.5 Å². The molecule has 150 valence electrons. The second kappa shape index (κ2) is 7.51. The number of nitrogens with zero attached hydrogens (tertiary/aromatic N) is 2. The molecule has 0 bridgehead atoms. The zero-order valence-corrected chi connectivity index (χ0v) is 16.9. The van der Waals surface area contributed by atoms with Crippen molar-refractivity contribution in [3.05, 3.63) is 35.4 Å². The normalized spacial score (nSPS) is 28.4. The Bertz CT molecular complexity index is 910. The molecule has 6 nitrogen and oxygen atoms in total. The Morgan fingerprint density at radius 1 is 1.18 bits per heavy atom. The molecule has 0 spiro atoms. The zero-order chi connectivity index (χ0) is 19.9. The van der Waals surface area contributed by atoms with Gasteiger partial charge in [0.15, 0.2) is 0 Å². The summed E-state index contributed by atoms with van der Waals surface area (Å²) < 4.78 is 25.1. The van der Waals surface area contributed by atoms with Crippen LogP contribution in [0.1, 0.15) is 42.7 Å². The number of piperazine rings is 1. The Hall–Kier alpha value is -1.88. The van der Waals surface area contributed by atoms with E-state index in [0.29, 0.717) is 5.92 Å². The van der Waals surface area contributed by atoms with Crippen molar-refractivity contribution in [1.82, 2.24) is 9.21 Å². The fourth-order valence-corrected chi connectivity index (χ4v) is 5.54. The fraction of sp³-hybridized carbons (Fsp3) is 0.571. The predicted molar refractivity (Wildman–Crippen MR) is 106 cm³/mol. The van der Waals surface area contributed by atoms with Crippen LogP contribution in [0.2, 0.25) is 0 Å². The van der Waals surface area contributed by atoms with Gasteiger partial charge in [0.05, 0.1) is 31.5 Å². The SMILES string of the molecule is CS(=O)(=O)N1CC(=O)N2[C@@H](CO)[C@@H](c3ccc(C#CC4CCCC4)cc3)[C@@H]2C1. The lowest BCUT2D eigenvalue weighted by atomic mass is 9.74. The summed E-state index contributed by atoms with van der Waals surface area (Å²) in [5.74, 6) is 6.80. The lowest BCUT2D eigenvalue weighted by molar-refractivity contribution is -0.158. The maximum absolute atomic E-state index is 12.4. The number of fused-ring (bicyclic) bond motifs is 1. The van der Waals surface area contributed by atoms with Gasteiger partial charge in [0.1, 0.15) is 0 Å². The van der Waals surface area contributed by atoms with Crippen LogP contribution in [0.4, 0.5) is 0 Å². The van der Waals surface area contributed by atoms with E-state index in [0.717, 1.165) is 17.4 Å². The van der Waals surface area contributed by atoms with Crippen LogP contribution >= 0.6 is 0 Å². The average Bonchev–Trinajstić information content (AvgIpc) is 3.15. The van der Waals surface area contributed by atoms with Crippen LogP contribution in [0.25, 0.3) is 0 Å². The summed E-state index contributed by atoms with van der Waals surface area (Å²) in [6.45, 7) is -0.00174. The standard InChI is InChI=1S/C21H26N2O4S/c1-28(26,27)22-12-18-21(19(14-24)23(18)20(25)13-22)17-10-8-16(9-11-17)7-6-15-4-2-3-5-15/h8-11,15,18-19,21,24H,2-5,12-14H2,1H3/t18-,19-,21-/m0/s1. The van der Waals surface area contributed by atoms with Gasteiger partial charge in [-0.25, -0.2) is 8.42 Å². The number of hydrogen-bond donors (Lipinski definition) is 1. The Balaban J connectivity index is 1.53. The molecular weight excluding hydrogens is 376 g/mol. The van der Waals surface area contributed by atoms with Crippen molar-refractivity contribution in [2.75, 3.05) is 26.0 Å². The monoisotopic (exact) mass is 402 g/mol. The summed E-state index contributed by atoms with van der Waals surface area (Å²) >= 11 is 0. The lowest BCUT2D eigenvalue weighted by Crippen LogP contribution is -2.73. The van der Waals surface area contributed by atoms with Crippen molar-refractivity contribution in [3.63, 3.8) is 0 Å². The van der Waals surface area contributed by atoms with Gasteiger partial charge in [-0.1, -0.05) is 36.8 Å². The van der Waals surface area contributed by atoms with Gasteiger partial charge in [0.2, 0.25) is 15.9 Å². The predicted octanol–water partition coefficient (Wildman–Crippen LogP) is 1.16. The number of amides is 1. The molecule has 2 saturated heterocycles. The fourth-order valence-electron chi connectivity index (χ4n) is 4.77. The Morgan fingerprint density at radius 2 is 1.86 bits per heavy atom. The molecule has 1 aromatic carbocycles. The van der Waals surface area contributed by atoms with Crippen molar-refractivity contribution < 1.29 is 18.3 Å². The van der Waals surface area contributed by atoms with Crippen LogP contribution in [0.5, 0.6) is 0 Å². The van der Waals surface area contributed by atoms with Crippen LogP contribution in [0.15, 0.2) is 24.3 Å². The van der Waals surface area contributed by atoms with Gasteiger partial charge in [0.25, 0.3) is 0 Å². The first-order valence-electron chi connectivity index (χ1n) is 9.87. The molecule has 1 amide bonds. The second-order valence-corrected chi connectivity index (χ2v) is 10.1. The number of benzene rings is 1. The summed E-state index contributed by atoms with van der Waals surface area (Å²) in [5.41, 5.74) is 1.97. The number of carbonyl (C=O) groups is 1. The van der Waals surface area contributed by atoms with E-state index >= 15 is 0 Å². The third-order valence-electron chi connectivity index (χ3n) is 6.26. The third-order valence-corrected chi connectivity index (χ3v) is 7.48. The highest BCUT2D eigenvalue weighted by molar-refractivity contribution is 7.88. The zero-order valence-electron chi connectivity index (χ0n) is 16.0. The molecule has 3 atom stereocenters. The molecule has 3 aliphatic rings. The Kier molecular flexibility index (Phi) is 5.21. The highest BCUT2D eigenvalue weighted by Gasteiger charge is 2.54. The second-order valence-electron chi connectivity index (χ2n) is 8.07. The molecule has 28 heavy (non-hydrogen) atoms. The van der Waals surface area contributed by atoms with E-state index in [-0.39, 0.29) is 43.6 Å². The minimum atomic E-state index is -3.43. The van der Waals surface area contributed by atoms with E-state index in [9.17, 15) is 18.3 Å². The molecule has 0 radical (unpaired) electrons. The van der Waals surface area contributed by atoms with Gasteiger partial charge >= 0.3 is 0 Å². The number of aliphatic hydroxyl groups excluding tert-OH is 1. The minimum Gasteiger partial charge on any atom is -0.394 e. The first-order chi connectivity index (χ1) is 13.4. The van der Waals surface area contributed by atoms with Crippen molar-refractivity contribution >= 4 is 15.9 Å². The van der Waals surface area contributed by atoms with Crippen molar-refractivity contribution in [1.29, 1.82) is 0 Å².